The lowest BCUT2D eigenvalue weighted by atomic mass is 10.2. The highest BCUT2D eigenvalue weighted by Crippen LogP contribution is 2.31. The molecule has 1 aliphatic rings. The molecule has 0 aliphatic carbocycles. The molecule has 0 atom stereocenters. The molecular formula is C13H13F3N4OS. The van der Waals surface area contributed by atoms with Crippen molar-refractivity contribution in [2.24, 2.45) is 0 Å². The molecule has 1 amide bonds. The fraction of sp³-hybridized carbons (Fsp3) is 0.462. The number of carbonyl (C=O) groups is 1. The van der Waals surface area contributed by atoms with Crippen molar-refractivity contribution in [1.82, 2.24) is 20.2 Å². The van der Waals surface area contributed by atoms with E-state index in [1.54, 1.807) is 4.90 Å². The van der Waals surface area contributed by atoms with Crippen molar-refractivity contribution in [1.29, 1.82) is 0 Å². The second-order valence-electron chi connectivity index (χ2n) is 4.99. The van der Waals surface area contributed by atoms with Gasteiger partial charge in [-0.1, -0.05) is 0 Å². The number of piperazine rings is 1. The van der Waals surface area contributed by atoms with Gasteiger partial charge in [-0.3, -0.25) is 4.79 Å². The highest BCUT2D eigenvalue weighted by molar-refractivity contribution is 7.18. The summed E-state index contributed by atoms with van der Waals surface area (Å²) >= 11 is 0.948. The Morgan fingerprint density at radius 3 is 2.73 bits per heavy atom. The molecule has 0 saturated carbocycles. The molecule has 2 aromatic heterocycles. The van der Waals surface area contributed by atoms with E-state index >= 15 is 0 Å². The second-order valence-corrected chi connectivity index (χ2v) is 6.10. The highest BCUT2D eigenvalue weighted by Gasteiger charge is 2.30. The van der Waals surface area contributed by atoms with Crippen LogP contribution in [0.3, 0.4) is 0 Å². The Bertz CT molecular complexity index is 694. The minimum atomic E-state index is -4.28. The number of halogens is 3. The second kappa shape index (κ2) is 5.81. The average Bonchev–Trinajstić information content (AvgIpc) is 2.87. The van der Waals surface area contributed by atoms with Crippen LogP contribution in [0.5, 0.6) is 0 Å². The zero-order valence-corrected chi connectivity index (χ0v) is 12.3. The molecule has 9 heteroatoms. The van der Waals surface area contributed by atoms with Crippen LogP contribution in [0.25, 0.3) is 10.2 Å². The third-order valence-electron chi connectivity index (χ3n) is 3.36. The molecule has 118 valence electrons. The Labute approximate surface area is 128 Å². The summed E-state index contributed by atoms with van der Waals surface area (Å²) in [5, 5.41) is 3.54. The van der Waals surface area contributed by atoms with Crippen LogP contribution in [-0.2, 0) is 6.42 Å². The van der Waals surface area contributed by atoms with Crippen molar-refractivity contribution in [3.8, 4) is 0 Å². The molecule has 2 aromatic rings. The van der Waals surface area contributed by atoms with Gasteiger partial charge in [0.2, 0.25) is 0 Å². The monoisotopic (exact) mass is 330 g/mol. The van der Waals surface area contributed by atoms with Gasteiger partial charge in [-0.2, -0.15) is 13.2 Å². The van der Waals surface area contributed by atoms with Gasteiger partial charge in [0, 0.05) is 36.4 Å². The van der Waals surface area contributed by atoms with Gasteiger partial charge in [0.15, 0.2) is 0 Å². The third kappa shape index (κ3) is 3.20. The lowest BCUT2D eigenvalue weighted by Gasteiger charge is -2.27. The maximum atomic E-state index is 12.5. The number of alkyl halides is 3. The predicted octanol–water partition coefficient (Wildman–Crippen LogP) is 1.84. The number of rotatable bonds is 2. The Morgan fingerprint density at radius 2 is 2.05 bits per heavy atom. The van der Waals surface area contributed by atoms with Gasteiger partial charge in [0.25, 0.3) is 5.91 Å². The summed E-state index contributed by atoms with van der Waals surface area (Å²) in [4.78, 5) is 22.7. The first-order valence-corrected chi connectivity index (χ1v) is 7.56. The molecule has 3 heterocycles. The first kappa shape index (κ1) is 15.2. The zero-order valence-electron chi connectivity index (χ0n) is 11.5. The van der Waals surface area contributed by atoms with E-state index in [0.717, 1.165) is 11.3 Å². The Hall–Kier alpha value is -1.74. The largest absolute Gasteiger partial charge is 0.393 e. The molecule has 5 nitrogen and oxygen atoms in total. The van der Waals surface area contributed by atoms with Crippen molar-refractivity contribution in [3.05, 3.63) is 23.0 Å². The number of fused-ring (bicyclic) bond motifs is 1. The van der Waals surface area contributed by atoms with E-state index in [1.807, 2.05) is 0 Å². The fourth-order valence-electron chi connectivity index (χ4n) is 2.38. The van der Waals surface area contributed by atoms with Gasteiger partial charge in [-0.15, -0.1) is 11.3 Å². The molecule has 1 fully saturated rings. The summed E-state index contributed by atoms with van der Waals surface area (Å²) in [6, 6.07) is 1.38. The van der Waals surface area contributed by atoms with E-state index < -0.39 is 12.6 Å². The summed E-state index contributed by atoms with van der Waals surface area (Å²) in [5.41, 5.74) is 0.177. The first-order valence-electron chi connectivity index (χ1n) is 6.74. The van der Waals surface area contributed by atoms with Crippen LogP contribution in [0, 0.1) is 0 Å². The van der Waals surface area contributed by atoms with Crippen LogP contribution < -0.4 is 5.32 Å². The van der Waals surface area contributed by atoms with Gasteiger partial charge in [0.05, 0.1) is 6.42 Å². The minimum Gasteiger partial charge on any atom is -0.335 e. The van der Waals surface area contributed by atoms with Gasteiger partial charge in [-0.25, -0.2) is 9.97 Å². The van der Waals surface area contributed by atoms with Crippen molar-refractivity contribution in [2.75, 3.05) is 26.2 Å². The summed E-state index contributed by atoms with van der Waals surface area (Å²) in [7, 11) is 0. The summed E-state index contributed by atoms with van der Waals surface area (Å²) in [6.07, 6.45) is -4.07. The lowest BCUT2D eigenvalue weighted by Crippen LogP contribution is -2.46. The Balaban J connectivity index is 1.94. The van der Waals surface area contributed by atoms with Crippen LogP contribution in [0.4, 0.5) is 13.2 Å². The highest BCUT2D eigenvalue weighted by atomic mass is 32.1. The molecule has 3 rings (SSSR count). The van der Waals surface area contributed by atoms with Crippen molar-refractivity contribution < 1.29 is 18.0 Å². The number of amides is 1. The fourth-order valence-corrected chi connectivity index (χ4v) is 3.40. The molecule has 0 unspecified atom stereocenters. The number of aromatic nitrogens is 2. The maximum Gasteiger partial charge on any atom is 0.393 e. The lowest BCUT2D eigenvalue weighted by molar-refractivity contribution is -0.126. The Kier molecular flexibility index (Phi) is 4.00. The van der Waals surface area contributed by atoms with Crippen molar-refractivity contribution >= 4 is 27.5 Å². The predicted molar refractivity (Wildman–Crippen MR) is 75.9 cm³/mol. The molecule has 1 aliphatic heterocycles. The molecule has 1 saturated heterocycles. The number of hydrogen-bond acceptors (Lipinski definition) is 5. The van der Waals surface area contributed by atoms with Crippen molar-refractivity contribution in [2.45, 2.75) is 12.6 Å². The van der Waals surface area contributed by atoms with Gasteiger partial charge in [0.1, 0.15) is 16.9 Å². The minimum absolute atomic E-state index is 0.136. The van der Waals surface area contributed by atoms with E-state index in [1.165, 1.54) is 12.4 Å². The number of nitrogens with zero attached hydrogens (tertiary/aromatic N) is 3. The van der Waals surface area contributed by atoms with Gasteiger partial charge < -0.3 is 10.2 Å². The van der Waals surface area contributed by atoms with Crippen LogP contribution >= 0.6 is 11.3 Å². The number of nitrogens with one attached hydrogen (secondary N) is 1. The third-order valence-corrected chi connectivity index (χ3v) is 4.40. The topological polar surface area (TPSA) is 58.1 Å². The summed E-state index contributed by atoms with van der Waals surface area (Å²) < 4.78 is 37.5. The van der Waals surface area contributed by atoms with E-state index in [0.29, 0.717) is 36.4 Å². The van der Waals surface area contributed by atoms with Crippen LogP contribution in [0.1, 0.15) is 15.4 Å². The average molecular weight is 330 g/mol. The summed E-state index contributed by atoms with van der Waals surface area (Å²) in [6.45, 7) is 2.51. The molecule has 0 spiro atoms. The van der Waals surface area contributed by atoms with Gasteiger partial charge >= 0.3 is 6.18 Å². The smallest absolute Gasteiger partial charge is 0.335 e. The quantitative estimate of drug-likeness (QED) is 0.913. The van der Waals surface area contributed by atoms with E-state index in [-0.39, 0.29) is 16.5 Å². The van der Waals surface area contributed by atoms with Crippen LogP contribution in [0.2, 0.25) is 0 Å². The molecule has 0 bridgehead atoms. The molecule has 22 heavy (non-hydrogen) atoms. The molecule has 1 N–H and O–H groups in total. The summed E-state index contributed by atoms with van der Waals surface area (Å²) in [5.74, 6) is -0.259. The Morgan fingerprint density at radius 1 is 1.32 bits per heavy atom. The normalized spacial score (nSPS) is 16.2. The molecular weight excluding hydrogens is 317 g/mol. The van der Waals surface area contributed by atoms with Crippen LogP contribution in [-0.4, -0.2) is 53.1 Å². The molecule has 0 radical (unpaired) electrons. The van der Waals surface area contributed by atoms with E-state index in [9.17, 15) is 18.0 Å². The SMILES string of the molecule is O=C(c1ncnc2sc(CC(F)(F)F)cc12)N1CCNCC1. The standard InChI is InChI=1S/C13H13F3N4OS/c14-13(15,16)6-8-5-9-10(18-7-19-11(9)22-8)12(21)20-3-1-17-2-4-20/h5,7,17H,1-4,6H2. The molecule has 0 aromatic carbocycles. The van der Waals surface area contributed by atoms with E-state index in [2.05, 4.69) is 15.3 Å². The number of carbonyl (C=O) groups excluding carboxylic acids is 1. The van der Waals surface area contributed by atoms with Gasteiger partial charge in [-0.05, 0) is 6.07 Å². The van der Waals surface area contributed by atoms with Crippen molar-refractivity contribution in [3.63, 3.8) is 0 Å². The number of hydrogen-bond donors (Lipinski definition) is 1. The van der Waals surface area contributed by atoms with E-state index in [4.69, 9.17) is 0 Å². The first-order chi connectivity index (χ1) is 10.4. The van der Waals surface area contributed by atoms with Crippen LogP contribution in [0.15, 0.2) is 12.4 Å². The number of thiophene rings is 1. The maximum absolute atomic E-state index is 12.5. The zero-order chi connectivity index (χ0) is 15.7.